The third-order valence-corrected chi connectivity index (χ3v) is 4.76. The standard InChI is InChI=1S/C18H23N3O3/c1-12-15(11-19-20(12)2)18(22)21-7-5-13-9-16(23-3)17(24-4)10-14(13)6-8-21/h9-11H,5-8H2,1-4H3. The molecule has 24 heavy (non-hydrogen) atoms. The summed E-state index contributed by atoms with van der Waals surface area (Å²) in [6, 6.07) is 4.05. The second-order valence-corrected chi connectivity index (χ2v) is 6.04. The van der Waals surface area contributed by atoms with Crippen molar-refractivity contribution < 1.29 is 14.3 Å². The maximum Gasteiger partial charge on any atom is 0.257 e. The van der Waals surface area contributed by atoms with Crippen LogP contribution in [0.1, 0.15) is 27.2 Å². The fourth-order valence-corrected chi connectivity index (χ4v) is 3.13. The van der Waals surface area contributed by atoms with E-state index in [0.717, 1.165) is 30.0 Å². The summed E-state index contributed by atoms with van der Waals surface area (Å²) in [4.78, 5) is 14.7. The Morgan fingerprint density at radius 3 is 2.04 bits per heavy atom. The molecule has 0 fully saturated rings. The number of fused-ring (bicyclic) bond motifs is 1. The van der Waals surface area contributed by atoms with Crippen molar-refractivity contribution in [2.24, 2.45) is 7.05 Å². The van der Waals surface area contributed by atoms with Crippen LogP contribution in [0.4, 0.5) is 0 Å². The Balaban J connectivity index is 1.83. The highest BCUT2D eigenvalue weighted by atomic mass is 16.5. The molecule has 6 heteroatoms. The molecule has 128 valence electrons. The smallest absolute Gasteiger partial charge is 0.257 e. The number of hydrogen-bond donors (Lipinski definition) is 0. The molecular weight excluding hydrogens is 306 g/mol. The number of aryl methyl sites for hydroxylation is 1. The number of methoxy groups -OCH3 is 2. The van der Waals surface area contributed by atoms with Gasteiger partial charge in [0.1, 0.15) is 0 Å². The van der Waals surface area contributed by atoms with E-state index >= 15 is 0 Å². The number of carbonyl (C=O) groups is 1. The van der Waals surface area contributed by atoms with Crippen LogP contribution in [0.3, 0.4) is 0 Å². The molecular formula is C18H23N3O3. The lowest BCUT2D eigenvalue weighted by molar-refractivity contribution is 0.0762. The van der Waals surface area contributed by atoms with Gasteiger partial charge in [-0.25, -0.2) is 0 Å². The first kappa shape index (κ1) is 16.4. The number of rotatable bonds is 3. The van der Waals surface area contributed by atoms with Gasteiger partial charge in [-0.1, -0.05) is 0 Å². The molecule has 2 heterocycles. The second kappa shape index (κ2) is 6.55. The Kier molecular flexibility index (Phi) is 4.46. The third-order valence-electron chi connectivity index (χ3n) is 4.76. The highest BCUT2D eigenvalue weighted by Gasteiger charge is 2.23. The third kappa shape index (κ3) is 2.84. The van der Waals surface area contributed by atoms with Gasteiger partial charge >= 0.3 is 0 Å². The largest absolute Gasteiger partial charge is 0.493 e. The van der Waals surface area contributed by atoms with Gasteiger partial charge in [-0.3, -0.25) is 9.48 Å². The minimum Gasteiger partial charge on any atom is -0.493 e. The molecule has 6 nitrogen and oxygen atoms in total. The summed E-state index contributed by atoms with van der Waals surface area (Å²) in [5, 5.41) is 4.18. The van der Waals surface area contributed by atoms with Gasteiger partial charge in [0.05, 0.1) is 26.0 Å². The molecule has 1 aliphatic rings. The summed E-state index contributed by atoms with van der Waals surface area (Å²) in [6.07, 6.45) is 3.27. The Hall–Kier alpha value is -2.50. The van der Waals surface area contributed by atoms with Crippen LogP contribution in [0, 0.1) is 6.92 Å². The lowest BCUT2D eigenvalue weighted by Gasteiger charge is -2.20. The summed E-state index contributed by atoms with van der Waals surface area (Å²) in [7, 11) is 5.13. The molecule has 1 aromatic heterocycles. The van der Waals surface area contributed by atoms with Crippen LogP contribution in [0.25, 0.3) is 0 Å². The Morgan fingerprint density at radius 2 is 1.62 bits per heavy atom. The molecule has 1 aliphatic heterocycles. The molecule has 0 spiro atoms. The highest BCUT2D eigenvalue weighted by Crippen LogP contribution is 2.32. The summed E-state index contributed by atoms with van der Waals surface area (Å²) in [5.74, 6) is 1.52. The van der Waals surface area contributed by atoms with E-state index in [1.54, 1.807) is 25.1 Å². The number of aromatic nitrogens is 2. The van der Waals surface area contributed by atoms with Crippen LogP contribution in [-0.2, 0) is 19.9 Å². The zero-order valence-corrected chi connectivity index (χ0v) is 14.6. The van der Waals surface area contributed by atoms with Crippen molar-refractivity contribution in [3.05, 3.63) is 40.7 Å². The van der Waals surface area contributed by atoms with E-state index in [0.29, 0.717) is 18.7 Å². The van der Waals surface area contributed by atoms with Crippen molar-refractivity contribution in [3.8, 4) is 11.5 Å². The van der Waals surface area contributed by atoms with Gasteiger partial charge in [0.15, 0.2) is 11.5 Å². The second-order valence-electron chi connectivity index (χ2n) is 6.04. The number of hydrogen-bond acceptors (Lipinski definition) is 4. The van der Waals surface area contributed by atoms with Crippen molar-refractivity contribution >= 4 is 5.91 Å². The monoisotopic (exact) mass is 329 g/mol. The summed E-state index contributed by atoms with van der Waals surface area (Å²) in [5.41, 5.74) is 4.00. The summed E-state index contributed by atoms with van der Waals surface area (Å²) >= 11 is 0. The van der Waals surface area contributed by atoms with Crippen LogP contribution in [0.15, 0.2) is 18.3 Å². The van der Waals surface area contributed by atoms with Crippen LogP contribution >= 0.6 is 0 Å². The van der Waals surface area contributed by atoms with Gasteiger partial charge in [0.2, 0.25) is 0 Å². The van der Waals surface area contributed by atoms with Crippen LogP contribution < -0.4 is 9.47 Å². The topological polar surface area (TPSA) is 56.6 Å². The molecule has 1 amide bonds. The van der Waals surface area contributed by atoms with Crippen molar-refractivity contribution in [2.45, 2.75) is 19.8 Å². The van der Waals surface area contributed by atoms with Gasteiger partial charge in [0, 0.05) is 25.8 Å². The highest BCUT2D eigenvalue weighted by molar-refractivity contribution is 5.95. The average Bonchev–Trinajstić information content (AvgIpc) is 2.81. The average molecular weight is 329 g/mol. The zero-order valence-electron chi connectivity index (χ0n) is 14.6. The van der Waals surface area contributed by atoms with Crippen molar-refractivity contribution in [3.63, 3.8) is 0 Å². The van der Waals surface area contributed by atoms with Crippen molar-refractivity contribution in [1.82, 2.24) is 14.7 Å². The van der Waals surface area contributed by atoms with Gasteiger partial charge < -0.3 is 14.4 Å². The molecule has 0 saturated carbocycles. The SMILES string of the molecule is COc1cc2c(cc1OC)CCN(C(=O)c1cnn(C)c1C)CC2. The molecule has 0 atom stereocenters. The predicted molar refractivity (Wildman–Crippen MR) is 90.8 cm³/mol. The molecule has 0 aliphatic carbocycles. The maximum atomic E-state index is 12.8. The number of benzene rings is 1. The fourth-order valence-electron chi connectivity index (χ4n) is 3.13. The maximum absolute atomic E-state index is 12.8. The van der Waals surface area contributed by atoms with Gasteiger partial charge in [-0.15, -0.1) is 0 Å². The molecule has 0 saturated heterocycles. The predicted octanol–water partition coefficient (Wildman–Crippen LogP) is 1.99. The van der Waals surface area contributed by atoms with E-state index < -0.39 is 0 Å². The molecule has 1 aromatic carbocycles. The van der Waals surface area contributed by atoms with Gasteiger partial charge in [0.25, 0.3) is 5.91 Å². The molecule has 0 radical (unpaired) electrons. The van der Waals surface area contributed by atoms with E-state index in [9.17, 15) is 4.79 Å². The first-order valence-electron chi connectivity index (χ1n) is 8.06. The van der Waals surface area contributed by atoms with E-state index in [1.165, 1.54) is 11.1 Å². The minimum absolute atomic E-state index is 0.0485. The normalized spacial score (nSPS) is 14.1. The fraction of sp³-hybridized carbons (Fsp3) is 0.444. The van der Waals surface area contributed by atoms with E-state index in [-0.39, 0.29) is 5.91 Å². The number of ether oxygens (including phenoxy) is 2. The summed E-state index contributed by atoms with van der Waals surface area (Å²) < 4.78 is 12.5. The van der Waals surface area contributed by atoms with Crippen molar-refractivity contribution in [1.29, 1.82) is 0 Å². The van der Waals surface area contributed by atoms with E-state index in [4.69, 9.17) is 9.47 Å². The van der Waals surface area contributed by atoms with E-state index in [2.05, 4.69) is 5.10 Å². The van der Waals surface area contributed by atoms with Gasteiger partial charge in [-0.05, 0) is 43.0 Å². The first-order valence-corrected chi connectivity index (χ1v) is 8.06. The quantitative estimate of drug-likeness (QED) is 0.864. The zero-order chi connectivity index (χ0) is 17.3. The number of carbonyl (C=O) groups excluding carboxylic acids is 1. The van der Waals surface area contributed by atoms with Gasteiger partial charge in [-0.2, -0.15) is 5.10 Å². The number of amides is 1. The number of nitrogens with zero attached hydrogens (tertiary/aromatic N) is 3. The van der Waals surface area contributed by atoms with Crippen LogP contribution in [-0.4, -0.2) is 47.9 Å². The Morgan fingerprint density at radius 1 is 1.08 bits per heavy atom. The molecule has 0 N–H and O–H groups in total. The Bertz CT molecular complexity index is 732. The van der Waals surface area contributed by atoms with E-state index in [1.807, 2.05) is 31.0 Å². The molecule has 0 unspecified atom stereocenters. The summed E-state index contributed by atoms with van der Waals surface area (Å²) in [6.45, 7) is 3.30. The minimum atomic E-state index is 0.0485. The molecule has 0 bridgehead atoms. The Labute approximate surface area is 142 Å². The lowest BCUT2D eigenvalue weighted by atomic mass is 10.0. The lowest BCUT2D eigenvalue weighted by Crippen LogP contribution is -2.33. The molecule has 2 aromatic rings. The van der Waals surface area contributed by atoms with Crippen LogP contribution in [0.2, 0.25) is 0 Å². The first-order chi connectivity index (χ1) is 11.5. The van der Waals surface area contributed by atoms with Crippen LogP contribution in [0.5, 0.6) is 11.5 Å². The van der Waals surface area contributed by atoms with Crippen molar-refractivity contribution in [2.75, 3.05) is 27.3 Å². The molecule has 3 rings (SSSR count).